The van der Waals surface area contributed by atoms with Crippen LogP contribution in [0.2, 0.25) is 0 Å². The Kier molecular flexibility index (Phi) is 35.2. The average molecular weight is 233 g/mol. The van der Waals surface area contributed by atoms with Crippen LogP contribution in [0.25, 0.3) is 0 Å². The van der Waals surface area contributed by atoms with Gasteiger partial charge in [-0.25, -0.2) is 4.79 Å². The Balaban J connectivity index is -0.0000000480. The summed E-state index contributed by atoms with van der Waals surface area (Å²) in [5.74, 6) is 0. The summed E-state index contributed by atoms with van der Waals surface area (Å²) < 4.78 is 8.38. The summed E-state index contributed by atoms with van der Waals surface area (Å²) >= 11 is 0.125. The summed E-state index contributed by atoms with van der Waals surface area (Å²) in [4.78, 5) is 8.56. The third kappa shape index (κ3) is 139. The minimum atomic E-state index is -1.83. The average Bonchev–Trinajstić information content (AvgIpc) is 1.41. The molecule has 0 aliphatic rings. The van der Waals surface area contributed by atoms with Crippen molar-refractivity contribution in [3.05, 3.63) is 0 Å². The molecular weight excluding hydrogens is 229 g/mol. The van der Waals surface area contributed by atoms with Crippen molar-refractivity contribution < 1.29 is 36.8 Å². The quantitative estimate of drug-likeness (QED) is 0.536. The van der Waals surface area contributed by atoms with Crippen LogP contribution in [0.3, 0.4) is 0 Å². The van der Waals surface area contributed by atoms with Gasteiger partial charge in [0.2, 0.25) is 0 Å². The second-order valence-electron chi connectivity index (χ2n) is 0.283. The number of hydrogen-bond acceptors (Lipinski definition) is 2. The molecule has 0 aliphatic carbocycles. The molecule has 0 unspecified atom stereocenters. The molecule has 0 bridgehead atoms. The normalized spacial score (nSPS) is 4.29. The van der Waals surface area contributed by atoms with Crippen LogP contribution < -0.4 is 0 Å². The molecule has 0 saturated carbocycles. The summed E-state index contributed by atoms with van der Waals surface area (Å²) in [6.07, 6.45) is -1.83. The Morgan fingerprint density at radius 3 is 1.29 bits per heavy atom. The molecular formula is CH4O4SrZn. The standard InChI is InChI=1S/CH2O3.O.Sr.Zn.2H/c2-1(3)4;;;;;/h(H2,2,3,4);;;;;. The van der Waals surface area contributed by atoms with Gasteiger partial charge >= 0.3 is 73.5 Å². The first-order chi connectivity index (χ1) is 2.73. The fourth-order valence-electron chi connectivity index (χ4n) is 0. The molecule has 0 aromatic carbocycles. The van der Waals surface area contributed by atoms with E-state index < -0.39 is 6.16 Å². The Bertz CT molecular complexity index is 43.0. The molecule has 2 N–H and O–H groups in total. The van der Waals surface area contributed by atoms with Crippen LogP contribution in [-0.2, 0) is 21.8 Å². The van der Waals surface area contributed by atoms with Crippen LogP contribution in [-0.4, -0.2) is 61.9 Å². The van der Waals surface area contributed by atoms with Gasteiger partial charge in [0.25, 0.3) is 0 Å². The predicted molar refractivity (Wildman–Crippen MR) is 19.9 cm³/mol. The van der Waals surface area contributed by atoms with Crippen LogP contribution in [0.15, 0.2) is 0 Å². The summed E-state index contributed by atoms with van der Waals surface area (Å²) in [7, 11) is 0. The summed E-state index contributed by atoms with van der Waals surface area (Å²) in [6, 6.07) is 0. The number of carbonyl (C=O) groups is 1. The van der Waals surface area contributed by atoms with Crippen molar-refractivity contribution in [2.45, 2.75) is 0 Å². The fraction of sp³-hybridized carbons (Fsp3) is 0. The third-order valence-corrected chi connectivity index (χ3v) is 0. The molecule has 7 heavy (non-hydrogen) atoms. The molecule has 0 fully saturated rings. The Hall–Kier alpha value is 1.17. The van der Waals surface area contributed by atoms with Crippen LogP contribution in [0.4, 0.5) is 4.79 Å². The Morgan fingerprint density at radius 2 is 1.29 bits per heavy atom. The molecule has 0 radical (unpaired) electrons. The molecule has 0 amide bonds. The topological polar surface area (TPSA) is 74.6 Å². The van der Waals surface area contributed by atoms with E-state index in [2.05, 4.69) is 0 Å². The van der Waals surface area contributed by atoms with Gasteiger partial charge in [0.05, 0.1) is 0 Å². The van der Waals surface area contributed by atoms with E-state index in [0.717, 1.165) is 0 Å². The zero-order chi connectivity index (χ0) is 5.58. The van der Waals surface area contributed by atoms with Gasteiger partial charge in [-0.3, -0.25) is 0 Å². The molecule has 0 aromatic rings. The van der Waals surface area contributed by atoms with Gasteiger partial charge in [-0.05, 0) is 0 Å². The monoisotopic (exact) mass is 232 g/mol. The maximum absolute atomic E-state index is 8.56. The fourth-order valence-corrected chi connectivity index (χ4v) is 0. The van der Waals surface area contributed by atoms with E-state index >= 15 is 0 Å². The van der Waals surface area contributed by atoms with Gasteiger partial charge < -0.3 is 10.2 Å². The van der Waals surface area contributed by atoms with Gasteiger partial charge in [-0.2, -0.15) is 0 Å². The minimum absolute atomic E-state index is 0. The van der Waals surface area contributed by atoms with E-state index in [9.17, 15) is 0 Å². The number of hydrogen-bond donors (Lipinski definition) is 2. The first-order valence-corrected chi connectivity index (χ1v) is 2.15. The van der Waals surface area contributed by atoms with E-state index in [1.165, 1.54) is 0 Å². The second kappa shape index (κ2) is 15.7. The predicted octanol–water partition coefficient (Wildman–Crippen LogP) is -0.815. The van der Waals surface area contributed by atoms with Crippen molar-refractivity contribution in [3.8, 4) is 0 Å². The van der Waals surface area contributed by atoms with E-state index in [4.69, 9.17) is 18.6 Å². The zero-order valence-corrected chi connectivity index (χ0v) is 5.89. The van der Waals surface area contributed by atoms with Gasteiger partial charge in [-0.15, -0.1) is 0 Å². The van der Waals surface area contributed by atoms with Crippen molar-refractivity contribution in [2.75, 3.05) is 0 Å². The summed E-state index contributed by atoms with van der Waals surface area (Å²) in [6.45, 7) is 0. The summed E-state index contributed by atoms with van der Waals surface area (Å²) in [5, 5.41) is 13.9. The van der Waals surface area contributed by atoms with Crippen molar-refractivity contribution in [1.29, 1.82) is 0 Å². The SMILES string of the molecule is O=C(O)O.[O]=[Zn].[SrH2]. The molecule has 0 heterocycles. The van der Waals surface area contributed by atoms with Gasteiger partial charge in [0.1, 0.15) is 0 Å². The van der Waals surface area contributed by atoms with Crippen LogP contribution in [0, 0.1) is 0 Å². The molecule has 0 aliphatic heterocycles. The Labute approximate surface area is 87.1 Å². The van der Waals surface area contributed by atoms with E-state index in [0.29, 0.717) is 0 Å². The number of carboxylic acid groups (broad SMARTS) is 2. The molecule has 6 heteroatoms. The first kappa shape index (κ1) is 15.7. The molecule has 0 aromatic heterocycles. The maximum atomic E-state index is 8.56. The van der Waals surface area contributed by atoms with Crippen molar-refractivity contribution in [3.63, 3.8) is 0 Å². The van der Waals surface area contributed by atoms with Crippen molar-refractivity contribution >= 4 is 51.6 Å². The zero-order valence-electron chi connectivity index (χ0n) is 2.92. The third-order valence-electron chi connectivity index (χ3n) is 0. The number of rotatable bonds is 0. The van der Waals surface area contributed by atoms with Gasteiger partial charge in [0.15, 0.2) is 0 Å². The van der Waals surface area contributed by atoms with E-state index in [1.54, 1.807) is 0 Å². The van der Waals surface area contributed by atoms with E-state index in [1.807, 2.05) is 0 Å². The van der Waals surface area contributed by atoms with Crippen LogP contribution in [0.5, 0.6) is 0 Å². The van der Waals surface area contributed by atoms with Crippen molar-refractivity contribution in [2.24, 2.45) is 0 Å². The molecule has 4 nitrogen and oxygen atoms in total. The second-order valence-corrected chi connectivity index (χ2v) is 0.283. The molecule has 0 saturated heterocycles. The van der Waals surface area contributed by atoms with Crippen molar-refractivity contribution in [1.82, 2.24) is 0 Å². The van der Waals surface area contributed by atoms with Crippen LogP contribution in [0.1, 0.15) is 0 Å². The molecule has 0 spiro atoms. The molecule has 0 rings (SSSR count). The molecule has 0 atom stereocenters. The van der Waals surface area contributed by atoms with Gasteiger partial charge in [0, 0.05) is 0 Å². The van der Waals surface area contributed by atoms with E-state index in [-0.39, 0.29) is 63.7 Å². The van der Waals surface area contributed by atoms with Crippen LogP contribution >= 0.6 is 0 Å². The first-order valence-electron chi connectivity index (χ1n) is 0.940. The Morgan fingerprint density at radius 1 is 1.29 bits per heavy atom. The molecule has 36 valence electrons. The van der Waals surface area contributed by atoms with Gasteiger partial charge in [-0.1, -0.05) is 0 Å². The summed E-state index contributed by atoms with van der Waals surface area (Å²) in [5.41, 5.74) is 0.